The molecule has 0 bridgehead atoms. The summed E-state index contributed by atoms with van der Waals surface area (Å²) in [6.45, 7) is 9.62. The van der Waals surface area contributed by atoms with Crippen LogP contribution in [0.5, 0.6) is 0 Å². The van der Waals surface area contributed by atoms with Crippen molar-refractivity contribution in [3.05, 3.63) is 467 Å². The molecule has 0 radical (unpaired) electrons. The van der Waals surface area contributed by atoms with E-state index in [0.29, 0.717) is 0 Å². The molecule has 0 aromatic heterocycles. The quantitative estimate of drug-likeness (QED) is 0.114. The summed E-state index contributed by atoms with van der Waals surface area (Å²) in [5.74, 6) is 0. The summed E-state index contributed by atoms with van der Waals surface area (Å²) in [6.07, 6.45) is 0. The van der Waals surface area contributed by atoms with Gasteiger partial charge < -0.3 is 9.80 Å². The molecule has 0 aliphatic heterocycles. The van der Waals surface area contributed by atoms with Crippen molar-refractivity contribution in [3.63, 3.8) is 0 Å². The van der Waals surface area contributed by atoms with E-state index in [0.717, 1.165) is 61.9 Å². The van der Waals surface area contributed by atoms with Gasteiger partial charge in [-0.05, 0) is 200 Å². The van der Waals surface area contributed by atoms with Crippen LogP contribution < -0.4 is 9.80 Å². The Labute approximate surface area is 644 Å². The minimum atomic E-state index is -0.605. The molecule has 4 aliphatic carbocycles. The lowest BCUT2D eigenvalue weighted by Gasteiger charge is -2.35. The average molecular weight is 1400 g/mol. The molecule has 4 aliphatic rings. The summed E-state index contributed by atoms with van der Waals surface area (Å²) in [5.41, 5.74) is 37.4. The van der Waals surface area contributed by atoms with E-state index in [2.05, 4.69) is 438 Å². The Morgan fingerprint density at radius 2 is 0.518 bits per heavy atom. The molecule has 21 rings (SSSR count). The van der Waals surface area contributed by atoms with Crippen LogP contribution in [0.2, 0.25) is 0 Å². The smallest absolute Gasteiger partial charge is 0.0714 e. The topological polar surface area (TPSA) is 6.48 Å². The maximum atomic E-state index is 2.59. The molecule has 0 saturated heterocycles. The fourth-order valence-electron chi connectivity index (χ4n) is 20.0. The van der Waals surface area contributed by atoms with Gasteiger partial charge in [-0.1, -0.05) is 367 Å². The molecule has 520 valence electrons. The van der Waals surface area contributed by atoms with Crippen LogP contribution in [0.15, 0.2) is 400 Å². The van der Waals surface area contributed by atoms with Crippen LogP contribution in [0.3, 0.4) is 0 Å². The van der Waals surface area contributed by atoms with E-state index in [4.69, 9.17) is 0 Å². The molecule has 0 amide bonds. The Morgan fingerprint density at radius 3 is 1.02 bits per heavy atom. The largest absolute Gasteiger partial charge is 0.310 e. The van der Waals surface area contributed by atoms with Crippen molar-refractivity contribution in [3.8, 4) is 77.9 Å². The summed E-state index contributed by atoms with van der Waals surface area (Å²) in [4.78, 5) is 5.12. The van der Waals surface area contributed by atoms with Crippen LogP contribution in [0, 0.1) is 0 Å². The van der Waals surface area contributed by atoms with E-state index in [-0.39, 0.29) is 10.8 Å². The number of nitrogens with zero attached hydrogens (tertiary/aromatic N) is 2. The molecular formula is C108H78N2. The highest BCUT2D eigenvalue weighted by Crippen LogP contribution is 2.62. The Hall–Kier alpha value is -13.4. The summed E-state index contributed by atoms with van der Waals surface area (Å²) < 4.78 is 0. The van der Waals surface area contributed by atoms with Gasteiger partial charge in [0.2, 0.25) is 0 Å². The predicted octanol–water partition coefficient (Wildman–Crippen LogP) is 28.1. The number of fused-ring (bicyclic) bond motifs is 13. The fourth-order valence-corrected chi connectivity index (χ4v) is 20.0. The van der Waals surface area contributed by atoms with Crippen molar-refractivity contribution in [1.29, 1.82) is 0 Å². The first-order valence-electron chi connectivity index (χ1n) is 38.7. The van der Waals surface area contributed by atoms with E-state index in [9.17, 15) is 0 Å². The summed E-state index contributed by atoms with van der Waals surface area (Å²) in [5, 5.41) is 2.40. The molecule has 0 N–H and O–H groups in total. The van der Waals surface area contributed by atoms with Crippen LogP contribution in [0.4, 0.5) is 34.1 Å². The van der Waals surface area contributed by atoms with Gasteiger partial charge in [-0.25, -0.2) is 0 Å². The van der Waals surface area contributed by atoms with Gasteiger partial charge in [0.15, 0.2) is 0 Å². The monoisotopic (exact) mass is 1400 g/mol. The van der Waals surface area contributed by atoms with E-state index in [1.165, 1.54) is 128 Å². The zero-order valence-corrected chi connectivity index (χ0v) is 62.0. The Morgan fingerprint density at radius 1 is 0.191 bits per heavy atom. The highest BCUT2D eigenvalue weighted by Gasteiger charge is 2.49. The van der Waals surface area contributed by atoms with Crippen molar-refractivity contribution in [2.24, 2.45) is 0 Å². The molecule has 17 aromatic carbocycles. The van der Waals surface area contributed by atoms with Crippen molar-refractivity contribution < 1.29 is 0 Å². The molecule has 0 heterocycles. The second-order valence-electron chi connectivity index (χ2n) is 31.3. The predicted molar refractivity (Wildman–Crippen MR) is 459 cm³/mol. The first-order chi connectivity index (χ1) is 54.1. The molecule has 2 nitrogen and oxygen atoms in total. The number of hydrogen-bond acceptors (Lipinski definition) is 2. The van der Waals surface area contributed by atoms with Crippen LogP contribution in [0.1, 0.15) is 94.5 Å². The van der Waals surface area contributed by atoms with Gasteiger partial charge in [0.25, 0.3) is 0 Å². The Bertz CT molecular complexity index is 6430. The van der Waals surface area contributed by atoms with Gasteiger partial charge >= 0.3 is 0 Å². The highest BCUT2D eigenvalue weighted by atomic mass is 15.2. The Kier molecular flexibility index (Phi) is 14.8. The van der Waals surface area contributed by atoms with Crippen LogP contribution >= 0.6 is 0 Å². The van der Waals surface area contributed by atoms with Gasteiger partial charge in [0.05, 0.1) is 22.2 Å². The summed E-state index contributed by atoms with van der Waals surface area (Å²) in [6, 6.07) is 151. The van der Waals surface area contributed by atoms with Gasteiger partial charge in [0, 0.05) is 50.1 Å². The van der Waals surface area contributed by atoms with Gasteiger partial charge in [-0.3, -0.25) is 0 Å². The molecule has 2 heteroatoms. The summed E-state index contributed by atoms with van der Waals surface area (Å²) >= 11 is 0. The van der Waals surface area contributed by atoms with Crippen molar-refractivity contribution >= 4 is 44.9 Å². The maximum Gasteiger partial charge on any atom is 0.0714 e. The van der Waals surface area contributed by atoms with E-state index >= 15 is 0 Å². The lowest BCUT2D eigenvalue weighted by Crippen LogP contribution is -2.28. The molecule has 0 atom stereocenters. The summed E-state index contributed by atoms with van der Waals surface area (Å²) in [7, 11) is 0. The minimum Gasteiger partial charge on any atom is -0.310 e. The third-order valence-corrected chi connectivity index (χ3v) is 25.0. The zero-order chi connectivity index (χ0) is 73.5. The zero-order valence-electron chi connectivity index (χ0n) is 62.0. The number of anilines is 6. The van der Waals surface area contributed by atoms with Gasteiger partial charge in [0.1, 0.15) is 0 Å². The first-order valence-corrected chi connectivity index (χ1v) is 38.7. The number of rotatable bonds is 13. The van der Waals surface area contributed by atoms with E-state index < -0.39 is 10.8 Å². The highest BCUT2D eigenvalue weighted by molar-refractivity contribution is 6.03. The van der Waals surface area contributed by atoms with Crippen LogP contribution in [0.25, 0.3) is 88.7 Å². The SMILES string of the molecule is CC1(C)c2ccccc2-c2ccc(N(c3ccc4c(c3)C(c3ccccc3)(c3ccccc3)c3ccccc3-4)c3c(-c4ccccc4)cccc3-c3ccc(-c4ccc5c(c4)-c4ccc(N(c6ccc7c(c6)C(c6ccccc6)(c6ccccc6)c6ccccc6-7)c6cccc7ccccc67)cc4C5(C)C)cc3)cc21. The normalized spacial score (nSPS) is 14.3. The number of benzene rings is 17. The fraction of sp³-hybridized carbons (Fsp3) is 0.0741. The molecule has 110 heavy (non-hydrogen) atoms. The van der Waals surface area contributed by atoms with Gasteiger partial charge in [-0.2, -0.15) is 0 Å². The third-order valence-electron chi connectivity index (χ3n) is 25.0. The van der Waals surface area contributed by atoms with Gasteiger partial charge in [-0.15, -0.1) is 0 Å². The van der Waals surface area contributed by atoms with Crippen LogP contribution in [-0.2, 0) is 21.7 Å². The Balaban J connectivity index is 0.702. The lowest BCUT2D eigenvalue weighted by molar-refractivity contribution is 0.660. The average Bonchev–Trinajstić information content (AvgIpc) is 1.54. The molecular weight excluding hydrogens is 1330 g/mol. The first kappa shape index (κ1) is 64.9. The second kappa shape index (κ2) is 25.1. The molecule has 17 aromatic rings. The standard InChI is InChI=1S/C108H78N2/c1-105(2)95-48-25-22-43-87(95)90-61-59-82(68-99(90)105)110(83-60-63-92-89-45-24-27-50-98(89)108(102(92)70-83,78-38-16-8-17-39-78)79-40-18-9-19-41-79)104-85(73-30-10-5-11-31-73)46-29-47-86(104)74-54-52-71(53-55-74)75-56-65-96-94(66-75)93-64-58-80(67-100(93)106(96,3)4)109(103-51-28-33-72-32-20-21-42-84(72)103)81-57-62-91-88-44-23-26-49-97(88)107(101(91)69-81,76-34-12-6-13-35-76)77-36-14-7-15-37-77/h5-70H,1-4H3. The molecule has 0 fully saturated rings. The molecule has 0 saturated carbocycles. The van der Waals surface area contributed by atoms with E-state index in [1.54, 1.807) is 0 Å². The van der Waals surface area contributed by atoms with Crippen molar-refractivity contribution in [1.82, 2.24) is 0 Å². The van der Waals surface area contributed by atoms with Crippen molar-refractivity contribution in [2.45, 2.75) is 49.4 Å². The maximum absolute atomic E-state index is 2.59. The minimum absolute atomic E-state index is 0.239. The molecule has 0 spiro atoms. The number of para-hydroxylation sites is 1. The van der Waals surface area contributed by atoms with Crippen LogP contribution in [-0.4, -0.2) is 0 Å². The lowest BCUT2D eigenvalue weighted by atomic mass is 9.67. The van der Waals surface area contributed by atoms with E-state index in [1.807, 2.05) is 0 Å². The third kappa shape index (κ3) is 9.61. The second-order valence-corrected chi connectivity index (χ2v) is 31.3. The number of hydrogen-bond donors (Lipinski definition) is 0. The molecule has 0 unspecified atom stereocenters. The van der Waals surface area contributed by atoms with Crippen molar-refractivity contribution in [2.75, 3.05) is 9.80 Å².